The Balaban J connectivity index is 1.69. The Kier molecular flexibility index (Phi) is 6.25. The fraction of sp³-hybridized carbons (Fsp3) is 0.200. The van der Waals surface area contributed by atoms with Crippen LogP contribution in [0.5, 0.6) is 5.75 Å². The molecule has 2 aromatic carbocycles. The lowest BCUT2D eigenvalue weighted by atomic mass is 10.1. The number of alkyl halides is 3. The van der Waals surface area contributed by atoms with Crippen molar-refractivity contribution in [3.8, 4) is 16.2 Å². The van der Waals surface area contributed by atoms with Gasteiger partial charge in [0.1, 0.15) is 10.8 Å². The minimum Gasteiger partial charge on any atom is -0.506 e. The Morgan fingerprint density at radius 1 is 0.929 bits per heavy atom. The molecule has 0 saturated carbocycles. The van der Waals surface area contributed by atoms with Gasteiger partial charge in [-0.3, -0.25) is 0 Å². The number of halogens is 5. The van der Waals surface area contributed by atoms with Crippen LogP contribution in [-0.2, 0) is 12.6 Å². The molecule has 0 aliphatic heterocycles. The van der Waals surface area contributed by atoms with Crippen molar-refractivity contribution in [1.82, 2.24) is 0 Å². The first-order valence-corrected chi connectivity index (χ1v) is 9.85. The highest BCUT2D eigenvalue weighted by atomic mass is 35.5. The first-order chi connectivity index (χ1) is 13.2. The standard InChI is InChI=1S/C20H15Cl2F3O2S/c21-18-12(4-8-15(27)19(18)22)3-7-14(26)17-10-9-16(28-17)11-1-5-13(6-2-11)20(23,24)25/h1-2,4-6,8-10,14,26-27H,3,7H2. The maximum Gasteiger partial charge on any atom is 0.416 e. The van der Waals surface area contributed by atoms with Crippen LogP contribution < -0.4 is 0 Å². The molecular weight excluding hydrogens is 432 g/mol. The van der Waals surface area contributed by atoms with Crippen LogP contribution in [0.1, 0.15) is 28.5 Å². The average molecular weight is 447 g/mol. The number of aryl methyl sites for hydroxylation is 1. The maximum absolute atomic E-state index is 12.7. The van der Waals surface area contributed by atoms with Crippen molar-refractivity contribution in [3.63, 3.8) is 0 Å². The summed E-state index contributed by atoms with van der Waals surface area (Å²) in [5, 5.41) is 20.3. The van der Waals surface area contributed by atoms with Crippen LogP contribution >= 0.6 is 34.5 Å². The molecule has 1 atom stereocenters. The first-order valence-electron chi connectivity index (χ1n) is 8.28. The summed E-state index contributed by atoms with van der Waals surface area (Å²) >= 11 is 13.3. The Bertz CT molecular complexity index is 969. The molecule has 1 heterocycles. The van der Waals surface area contributed by atoms with E-state index in [1.807, 2.05) is 0 Å². The molecule has 0 spiro atoms. The predicted molar refractivity (Wildman–Crippen MR) is 106 cm³/mol. The van der Waals surface area contributed by atoms with Gasteiger partial charge in [-0.2, -0.15) is 13.2 Å². The fourth-order valence-corrected chi connectivity index (χ4v) is 4.19. The van der Waals surface area contributed by atoms with Crippen molar-refractivity contribution < 1.29 is 23.4 Å². The van der Waals surface area contributed by atoms with E-state index in [9.17, 15) is 23.4 Å². The molecule has 148 valence electrons. The molecule has 8 heteroatoms. The van der Waals surface area contributed by atoms with E-state index >= 15 is 0 Å². The van der Waals surface area contributed by atoms with E-state index in [-0.39, 0.29) is 15.8 Å². The van der Waals surface area contributed by atoms with Crippen LogP contribution in [0.3, 0.4) is 0 Å². The summed E-state index contributed by atoms with van der Waals surface area (Å²) in [5.74, 6) is -0.101. The van der Waals surface area contributed by atoms with Crippen molar-refractivity contribution in [1.29, 1.82) is 0 Å². The van der Waals surface area contributed by atoms with Gasteiger partial charge in [0.15, 0.2) is 0 Å². The number of rotatable bonds is 5. The highest BCUT2D eigenvalue weighted by Crippen LogP contribution is 2.37. The third kappa shape index (κ3) is 4.63. The molecule has 0 aliphatic carbocycles. The number of thiophene rings is 1. The SMILES string of the molecule is Oc1ccc(CCC(O)c2ccc(-c3ccc(C(F)(F)F)cc3)s2)c(Cl)c1Cl. The molecule has 1 aromatic heterocycles. The number of hydrogen-bond donors (Lipinski definition) is 2. The number of phenolic OH excluding ortho intramolecular Hbond substituents is 1. The molecule has 28 heavy (non-hydrogen) atoms. The van der Waals surface area contributed by atoms with Crippen molar-refractivity contribution in [2.24, 2.45) is 0 Å². The van der Waals surface area contributed by atoms with Gasteiger partial charge in [-0.05, 0) is 54.3 Å². The molecule has 3 rings (SSSR count). The lowest BCUT2D eigenvalue weighted by molar-refractivity contribution is -0.137. The average Bonchev–Trinajstić information content (AvgIpc) is 3.15. The quantitative estimate of drug-likeness (QED) is 0.438. The summed E-state index contributed by atoms with van der Waals surface area (Å²) < 4.78 is 38.0. The molecule has 2 N–H and O–H groups in total. The zero-order chi connectivity index (χ0) is 20.5. The van der Waals surface area contributed by atoms with Crippen LogP contribution in [0.15, 0.2) is 48.5 Å². The van der Waals surface area contributed by atoms with Gasteiger partial charge in [0.2, 0.25) is 0 Å². The summed E-state index contributed by atoms with van der Waals surface area (Å²) in [7, 11) is 0. The summed E-state index contributed by atoms with van der Waals surface area (Å²) in [4.78, 5) is 1.48. The highest BCUT2D eigenvalue weighted by molar-refractivity contribution is 7.15. The smallest absolute Gasteiger partial charge is 0.416 e. The van der Waals surface area contributed by atoms with Gasteiger partial charge in [-0.25, -0.2) is 0 Å². The number of benzene rings is 2. The molecule has 0 saturated heterocycles. The number of aliphatic hydroxyl groups excluding tert-OH is 1. The molecule has 2 nitrogen and oxygen atoms in total. The lowest BCUT2D eigenvalue weighted by Crippen LogP contribution is -2.03. The monoisotopic (exact) mass is 446 g/mol. The Labute approximate surface area is 173 Å². The number of aromatic hydroxyl groups is 1. The van der Waals surface area contributed by atoms with E-state index < -0.39 is 17.8 Å². The van der Waals surface area contributed by atoms with Crippen molar-refractivity contribution in [2.45, 2.75) is 25.1 Å². The van der Waals surface area contributed by atoms with Crippen molar-refractivity contribution >= 4 is 34.5 Å². The van der Waals surface area contributed by atoms with Crippen LogP contribution in [0, 0.1) is 0 Å². The van der Waals surface area contributed by atoms with Crippen molar-refractivity contribution in [2.75, 3.05) is 0 Å². The second kappa shape index (κ2) is 8.33. The van der Waals surface area contributed by atoms with E-state index in [0.717, 1.165) is 17.0 Å². The minimum atomic E-state index is -4.37. The Morgan fingerprint density at radius 2 is 1.61 bits per heavy atom. The molecular formula is C20H15Cl2F3O2S. The zero-order valence-corrected chi connectivity index (χ0v) is 16.6. The summed E-state index contributed by atoms with van der Waals surface area (Å²) in [6.45, 7) is 0. The van der Waals surface area contributed by atoms with Crippen LogP contribution in [-0.4, -0.2) is 10.2 Å². The Morgan fingerprint density at radius 3 is 2.25 bits per heavy atom. The first kappa shape index (κ1) is 21.0. The van der Waals surface area contributed by atoms with Gasteiger partial charge in [0.25, 0.3) is 0 Å². The van der Waals surface area contributed by atoms with Gasteiger partial charge in [0.05, 0.1) is 16.7 Å². The van der Waals surface area contributed by atoms with Gasteiger partial charge in [-0.15, -0.1) is 11.3 Å². The van der Waals surface area contributed by atoms with Crippen LogP contribution in [0.2, 0.25) is 10.0 Å². The van der Waals surface area contributed by atoms with E-state index in [0.29, 0.717) is 28.8 Å². The fourth-order valence-electron chi connectivity index (χ4n) is 2.72. The van der Waals surface area contributed by atoms with Gasteiger partial charge < -0.3 is 10.2 Å². The molecule has 0 fully saturated rings. The third-order valence-corrected chi connectivity index (χ3v) is 6.43. The molecule has 0 aliphatic rings. The molecule has 0 bridgehead atoms. The lowest BCUT2D eigenvalue weighted by Gasteiger charge is -2.11. The van der Waals surface area contributed by atoms with E-state index in [2.05, 4.69) is 0 Å². The summed E-state index contributed by atoms with van der Waals surface area (Å²) in [6, 6.07) is 11.6. The Hall–Kier alpha value is -1.73. The van der Waals surface area contributed by atoms with E-state index in [4.69, 9.17) is 23.2 Å². The van der Waals surface area contributed by atoms with E-state index in [1.54, 1.807) is 18.2 Å². The topological polar surface area (TPSA) is 40.5 Å². The van der Waals surface area contributed by atoms with Crippen molar-refractivity contribution in [3.05, 3.63) is 74.6 Å². The zero-order valence-electron chi connectivity index (χ0n) is 14.3. The highest BCUT2D eigenvalue weighted by Gasteiger charge is 2.30. The number of phenols is 1. The predicted octanol–water partition coefficient (Wildman–Crippen LogP) is 7.11. The minimum absolute atomic E-state index is 0.0781. The summed E-state index contributed by atoms with van der Waals surface area (Å²) in [5.41, 5.74) is 0.672. The van der Waals surface area contributed by atoms with Crippen LogP contribution in [0.4, 0.5) is 13.2 Å². The number of hydrogen-bond acceptors (Lipinski definition) is 3. The normalized spacial score (nSPS) is 12.9. The van der Waals surface area contributed by atoms with Gasteiger partial charge in [0, 0.05) is 9.75 Å². The molecule has 1 unspecified atom stereocenters. The van der Waals surface area contributed by atoms with E-state index in [1.165, 1.54) is 29.5 Å². The maximum atomic E-state index is 12.7. The molecule has 3 aromatic rings. The summed E-state index contributed by atoms with van der Waals surface area (Å²) in [6.07, 6.45) is -4.29. The van der Waals surface area contributed by atoms with Gasteiger partial charge in [-0.1, -0.05) is 41.4 Å². The second-order valence-corrected chi connectivity index (χ2v) is 8.07. The van der Waals surface area contributed by atoms with Gasteiger partial charge >= 0.3 is 6.18 Å². The number of aliphatic hydroxyl groups is 1. The largest absolute Gasteiger partial charge is 0.506 e. The third-order valence-electron chi connectivity index (χ3n) is 4.28. The van der Waals surface area contributed by atoms with Crippen LogP contribution in [0.25, 0.3) is 10.4 Å². The molecule has 0 amide bonds. The second-order valence-electron chi connectivity index (χ2n) is 6.20. The molecule has 0 radical (unpaired) electrons.